The highest BCUT2D eigenvalue weighted by Crippen LogP contribution is 2.23. The van der Waals surface area contributed by atoms with E-state index in [1.807, 2.05) is 26.0 Å². The lowest BCUT2D eigenvalue weighted by molar-refractivity contribution is 0.0475. The van der Waals surface area contributed by atoms with Crippen molar-refractivity contribution in [2.24, 2.45) is 0 Å². The molecule has 0 amide bonds. The van der Waals surface area contributed by atoms with Crippen molar-refractivity contribution in [1.29, 1.82) is 0 Å². The van der Waals surface area contributed by atoms with Crippen LogP contribution in [0.2, 0.25) is 0 Å². The summed E-state index contributed by atoms with van der Waals surface area (Å²) in [4.78, 5) is 28.7. The molecular weight excluding hydrogens is 346 g/mol. The molecule has 0 atom stereocenters. The van der Waals surface area contributed by atoms with Crippen molar-refractivity contribution in [3.63, 3.8) is 0 Å². The van der Waals surface area contributed by atoms with Gasteiger partial charge in [0.25, 0.3) is 0 Å². The second kappa shape index (κ2) is 6.35. The summed E-state index contributed by atoms with van der Waals surface area (Å²) in [6, 6.07) is 6.83. The van der Waals surface area contributed by atoms with Crippen LogP contribution in [0.3, 0.4) is 0 Å². The number of rotatable bonds is 3. The van der Waals surface area contributed by atoms with Crippen molar-refractivity contribution < 1.29 is 13.9 Å². The predicted molar refractivity (Wildman–Crippen MR) is 98.8 cm³/mol. The monoisotopic (exact) mass is 363 g/mol. The van der Waals surface area contributed by atoms with E-state index in [2.05, 4.69) is 10.1 Å². The molecule has 4 aromatic rings. The minimum atomic E-state index is -0.536. The zero-order valence-corrected chi connectivity index (χ0v) is 15.1. The van der Waals surface area contributed by atoms with E-state index in [0.717, 1.165) is 16.5 Å². The van der Waals surface area contributed by atoms with Crippen molar-refractivity contribution in [2.75, 3.05) is 0 Å². The van der Waals surface area contributed by atoms with Gasteiger partial charge in [0.15, 0.2) is 5.65 Å². The summed E-state index contributed by atoms with van der Waals surface area (Å²) < 4.78 is 12.3. The van der Waals surface area contributed by atoms with E-state index in [9.17, 15) is 9.59 Å². The summed E-state index contributed by atoms with van der Waals surface area (Å²) >= 11 is 0. The molecule has 0 spiro atoms. The quantitative estimate of drug-likeness (QED) is 0.411. The smallest absolute Gasteiger partial charge is 0.344 e. The summed E-state index contributed by atoms with van der Waals surface area (Å²) in [5, 5.41) is 5.01. The Bertz CT molecular complexity index is 1250. The summed E-state index contributed by atoms with van der Waals surface area (Å²) in [6.07, 6.45) is 3.31. The largest absolute Gasteiger partial charge is 0.457 e. The summed E-state index contributed by atoms with van der Waals surface area (Å²) in [7, 11) is 0. The van der Waals surface area contributed by atoms with Crippen LogP contribution in [0.4, 0.5) is 0 Å². The van der Waals surface area contributed by atoms with Crippen molar-refractivity contribution in [2.45, 2.75) is 27.4 Å². The van der Waals surface area contributed by atoms with Gasteiger partial charge in [-0.3, -0.25) is 0 Å². The fourth-order valence-electron chi connectivity index (χ4n) is 3.05. The Balaban J connectivity index is 1.69. The molecule has 4 rings (SSSR count). The van der Waals surface area contributed by atoms with Crippen LogP contribution in [-0.2, 0) is 11.3 Å². The predicted octanol–water partition coefficient (Wildman–Crippen LogP) is 3.12. The molecule has 3 aromatic heterocycles. The van der Waals surface area contributed by atoms with Gasteiger partial charge in [-0.2, -0.15) is 5.10 Å². The third-order valence-corrected chi connectivity index (χ3v) is 4.58. The molecule has 0 N–H and O–H groups in total. The zero-order valence-electron chi connectivity index (χ0n) is 15.1. The van der Waals surface area contributed by atoms with Gasteiger partial charge in [0.1, 0.15) is 17.8 Å². The Morgan fingerprint density at radius 1 is 1.19 bits per heavy atom. The van der Waals surface area contributed by atoms with Crippen molar-refractivity contribution >= 4 is 22.6 Å². The Hall–Kier alpha value is -3.48. The first kappa shape index (κ1) is 17.0. The highest BCUT2D eigenvalue weighted by molar-refractivity contribution is 5.97. The number of fused-ring (bicyclic) bond motifs is 2. The molecule has 0 unspecified atom stereocenters. The van der Waals surface area contributed by atoms with Crippen LogP contribution in [0.1, 0.15) is 32.7 Å². The van der Waals surface area contributed by atoms with Gasteiger partial charge in [0.05, 0.1) is 5.69 Å². The van der Waals surface area contributed by atoms with Crippen LogP contribution in [0.5, 0.6) is 0 Å². The van der Waals surface area contributed by atoms with E-state index >= 15 is 0 Å². The van der Waals surface area contributed by atoms with Crippen molar-refractivity contribution in [3.05, 3.63) is 75.0 Å². The van der Waals surface area contributed by atoms with E-state index in [0.29, 0.717) is 28.1 Å². The van der Waals surface area contributed by atoms with Gasteiger partial charge in [-0.15, -0.1) is 0 Å². The average molecular weight is 363 g/mol. The second-order valence-corrected chi connectivity index (χ2v) is 6.45. The number of hydrogen-bond donors (Lipinski definition) is 0. The fraction of sp³-hybridized carbons (Fsp3) is 0.200. The highest BCUT2D eigenvalue weighted by atomic mass is 16.5. The van der Waals surface area contributed by atoms with E-state index in [-0.39, 0.29) is 6.61 Å². The summed E-state index contributed by atoms with van der Waals surface area (Å²) in [5.74, 6) is -0.536. The molecule has 0 saturated heterocycles. The Labute approximate surface area is 154 Å². The molecular formula is C20H17N3O4. The summed E-state index contributed by atoms with van der Waals surface area (Å²) in [6.45, 7) is 5.60. The molecule has 0 aliphatic carbocycles. The minimum absolute atomic E-state index is 0.0486. The molecule has 0 fully saturated rings. The fourth-order valence-corrected chi connectivity index (χ4v) is 3.05. The zero-order chi connectivity index (χ0) is 19.1. The number of hydrogen-bond acceptors (Lipinski definition) is 6. The maximum absolute atomic E-state index is 12.6. The number of benzene rings is 1. The summed E-state index contributed by atoms with van der Waals surface area (Å²) in [5.41, 5.74) is 3.96. The molecule has 7 nitrogen and oxygen atoms in total. The lowest BCUT2D eigenvalue weighted by atomic mass is 10.0. The topological polar surface area (TPSA) is 86.7 Å². The number of nitrogens with zero attached hydrogens (tertiary/aromatic N) is 3. The van der Waals surface area contributed by atoms with Crippen LogP contribution in [0.15, 0.2) is 45.9 Å². The second-order valence-electron chi connectivity index (χ2n) is 6.45. The first-order chi connectivity index (χ1) is 12.9. The minimum Gasteiger partial charge on any atom is -0.457 e. The van der Waals surface area contributed by atoms with Gasteiger partial charge in [-0.25, -0.2) is 19.1 Å². The van der Waals surface area contributed by atoms with Gasteiger partial charge in [0.2, 0.25) is 0 Å². The molecule has 0 aliphatic rings. The number of esters is 1. The van der Waals surface area contributed by atoms with Gasteiger partial charge in [-0.05, 0) is 50.1 Å². The SMILES string of the molecule is Cc1cc2oc(=O)cc(COC(=O)c3c(C)nn4cccnc34)c2cc1C. The number of carbonyl (C=O) groups is 1. The molecule has 0 saturated carbocycles. The maximum Gasteiger partial charge on any atom is 0.344 e. The van der Waals surface area contributed by atoms with E-state index in [1.165, 1.54) is 10.6 Å². The van der Waals surface area contributed by atoms with Gasteiger partial charge < -0.3 is 9.15 Å². The lowest BCUT2D eigenvalue weighted by Crippen LogP contribution is -2.09. The van der Waals surface area contributed by atoms with Crippen LogP contribution in [-0.4, -0.2) is 20.6 Å². The molecule has 27 heavy (non-hydrogen) atoms. The van der Waals surface area contributed by atoms with Crippen molar-refractivity contribution in [1.82, 2.24) is 14.6 Å². The highest BCUT2D eigenvalue weighted by Gasteiger charge is 2.20. The molecule has 0 aliphatic heterocycles. The number of carbonyl (C=O) groups excluding carboxylic acids is 1. The van der Waals surface area contributed by atoms with Gasteiger partial charge in [-0.1, -0.05) is 0 Å². The molecule has 3 heterocycles. The van der Waals surface area contributed by atoms with Crippen molar-refractivity contribution in [3.8, 4) is 0 Å². The van der Waals surface area contributed by atoms with Crippen LogP contribution in [0, 0.1) is 20.8 Å². The first-order valence-corrected chi connectivity index (χ1v) is 8.45. The van der Waals surface area contributed by atoms with E-state index in [4.69, 9.17) is 9.15 Å². The third kappa shape index (κ3) is 2.97. The molecule has 0 bridgehead atoms. The first-order valence-electron chi connectivity index (χ1n) is 8.45. The van der Waals surface area contributed by atoms with Gasteiger partial charge >= 0.3 is 11.6 Å². The maximum atomic E-state index is 12.6. The average Bonchev–Trinajstić information content (AvgIpc) is 2.96. The van der Waals surface area contributed by atoms with Gasteiger partial charge in [0, 0.05) is 29.4 Å². The van der Waals surface area contributed by atoms with E-state index in [1.54, 1.807) is 25.4 Å². The van der Waals surface area contributed by atoms with Crippen LogP contribution < -0.4 is 5.63 Å². The molecule has 7 heteroatoms. The number of aryl methyl sites for hydroxylation is 3. The molecule has 0 radical (unpaired) electrons. The van der Waals surface area contributed by atoms with Crippen LogP contribution in [0.25, 0.3) is 16.6 Å². The Morgan fingerprint density at radius 2 is 1.96 bits per heavy atom. The third-order valence-electron chi connectivity index (χ3n) is 4.58. The number of ether oxygens (including phenoxy) is 1. The number of aromatic nitrogens is 3. The Kier molecular flexibility index (Phi) is 3.99. The normalized spacial score (nSPS) is 11.2. The van der Waals surface area contributed by atoms with E-state index < -0.39 is 11.6 Å². The Morgan fingerprint density at radius 3 is 2.78 bits per heavy atom. The molecule has 136 valence electrons. The standard InChI is InChI=1S/C20H17N3O4/c1-11-7-15-14(9-17(24)27-16(15)8-12(11)2)10-26-20(25)18-13(3)22-23-6-4-5-21-19(18)23/h4-9H,10H2,1-3H3. The van der Waals surface area contributed by atoms with Crippen LogP contribution >= 0.6 is 0 Å². The lowest BCUT2D eigenvalue weighted by Gasteiger charge is -2.09. The molecule has 1 aromatic carbocycles.